The lowest BCUT2D eigenvalue weighted by atomic mass is 9.97. The smallest absolute Gasteiger partial charge is 0.193 e. The molecule has 1 aliphatic heterocycles. The summed E-state index contributed by atoms with van der Waals surface area (Å²) in [7, 11) is 0. The van der Waals surface area contributed by atoms with E-state index in [0.29, 0.717) is 12.0 Å². The van der Waals surface area contributed by atoms with Crippen molar-refractivity contribution in [2.75, 3.05) is 32.8 Å². The maximum atomic E-state index is 5.76. The van der Waals surface area contributed by atoms with Gasteiger partial charge in [-0.2, -0.15) is 0 Å². The third-order valence-corrected chi connectivity index (χ3v) is 4.70. The van der Waals surface area contributed by atoms with E-state index in [4.69, 9.17) is 9.73 Å². The van der Waals surface area contributed by atoms with Gasteiger partial charge in [0.15, 0.2) is 5.96 Å². The Kier molecular flexibility index (Phi) is 8.10. The minimum Gasteiger partial charge on any atom is -0.378 e. The van der Waals surface area contributed by atoms with E-state index < -0.39 is 0 Å². The lowest BCUT2D eigenvalue weighted by Crippen LogP contribution is -2.47. The van der Waals surface area contributed by atoms with Crippen LogP contribution in [-0.2, 0) is 4.74 Å². The number of ether oxygens (including phenoxy) is 1. The Bertz CT molecular complexity index is 481. The number of guanidine groups is 1. The van der Waals surface area contributed by atoms with Gasteiger partial charge in [0, 0.05) is 38.7 Å². The summed E-state index contributed by atoms with van der Waals surface area (Å²) in [5.74, 6) is 1.54. The summed E-state index contributed by atoms with van der Waals surface area (Å²) in [5.41, 5.74) is 1.38. The highest BCUT2D eigenvalue weighted by molar-refractivity contribution is 5.80. The summed E-state index contributed by atoms with van der Waals surface area (Å²) in [6.07, 6.45) is 3.71. The number of nitrogens with one attached hydrogen (secondary N) is 1. The Morgan fingerprint density at radius 1 is 1.21 bits per heavy atom. The second kappa shape index (κ2) is 10.3. The van der Waals surface area contributed by atoms with Crippen molar-refractivity contribution in [3.05, 3.63) is 35.9 Å². The van der Waals surface area contributed by atoms with E-state index in [1.807, 2.05) is 0 Å². The first-order valence-electron chi connectivity index (χ1n) is 9.48. The molecule has 4 nitrogen and oxygen atoms in total. The minimum atomic E-state index is 0.418. The van der Waals surface area contributed by atoms with Crippen LogP contribution in [0.5, 0.6) is 0 Å². The molecular formula is C20H33N3O. The maximum absolute atomic E-state index is 5.76. The van der Waals surface area contributed by atoms with Crippen LogP contribution in [0.1, 0.15) is 51.5 Å². The SMILES string of the molecule is CCNC(=NCC(CC)c1ccccc1)N1CCC(OCC)CC1. The number of piperidine rings is 1. The van der Waals surface area contributed by atoms with Crippen molar-refractivity contribution in [2.45, 2.75) is 52.1 Å². The molecule has 0 bridgehead atoms. The van der Waals surface area contributed by atoms with E-state index in [9.17, 15) is 0 Å². The van der Waals surface area contributed by atoms with Crippen LogP contribution in [0.15, 0.2) is 35.3 Å². The van der Waals surface area contributed by atoms with Gasteiger partial charge < -0.3 is 15.0 Å². The van der Waals surface area contributed by atoms with Gasteiger partial charge in [-0.15, -0.1) is 0 Å². The fourth-order valence-electron chi connectivity index (χ4n) is 3.29. The zero-order chi connectivity index (χ0) is 17.2. The third-order valence-electron chi connectivity index (χ3n) is 4.70. The maximum Gasteiger partial charge on any atom is 0.193 e. The molecule has 2 rings (SSSR count). The molecule has 1 heterocycles. The van der Waals surface area contributed by atoms with Crippen LogP contribution in [0.3, 0.4) is 0 Å². The monoisotopic (exact) mass is 331 g/mol. The van der Waals surface area contributed by atoms with Gasteiger partial charge in [-0.3, -0.25) is 4.99 Å². The Labute approximate surface area is 147 Å². The normalized spacial score (nSPS) is 17.8. The van der Waals surface area contributed by atoms with Gasteiger partial charge in [-0.05, 0) is 38.7 Å². The van der Waals surface area contributed by atoms with Crippen molar-refractivity contribution in [2.24, 2.45) is 4.99 Å². The summed E-state index contributed by atoms with van der Waals surface area (Å²) < 4.78 is 5.76. The molecule has 1 aromatic rings. The van der Waals surface area contributed by atoms with E-state index in [1.165, 1.54) is 5.56 Å². The predicted octanol–water partition coefficient (Wildman–Crippen LogP) is 3.65. The Morgan fingerprint density at radius 3 is 2.50 bits per heavy atom. The Hall–Kier alpha value is -1.55. The lowest BCUT2D eigenvalue weighted by Gasteiger charge is -2.34. The average molecular weight is 332 g/mol. The number of rotatable bonds is 7. The van der Waals surface area contributed by atoms with Gasteiger partial charge in [-0.1, -0.05) is 37.3 Å². The van der Waals surface area contributed by atoms with Gasteiger partial charge in [0.2, 0.25) is 0 Å². The van der Waals surface area contributed by atoms with Crippen molar-refractivity contribution >= 4 is 5.96 Å². The molecule has 1 aliphatic rings. The number of aliphatic imine (C=N–C) groups is 1. The second-order valence-corrected chi connectivity index (χ2v) is 6.35. The fourth-order valence-corrected chi connectivity index (χ4v) is 3.29. The average Bonchev–Trinajstić information content (AvgIpc) is 2.63. The molecule has 0 saturated carbocycles. The summed E-state index contributed by atoms with van der Waals surface area (Å²) in [4.78, 5) is 7.33. The fraction of sp³-hybridized carbons (Fsp3) is 0.650. The zero-order valence-electron chi connectivity index (χ0n) is 15.5. The van der Waals surface area contributed by atoms with Gasteiger partial charge in [0.25, 0.3) is 0 Å². The molecule has 0 amide bonds. The molecule has 4 heteroatoms. The van der Waals surface area contributed by atoms with Crippen molar-refractivity contribution in [3.8, 4) is 0 Å². The molecule has 1 N–H and O–H groups in total. The molecule has 0 spiro atoms. The Balaban J connectivity index is 1.97. The topological polar surface area (TPSA) is 36.9 Å². The zero-order valence-corrected chi connectivity index (χ0v) is 15.5. The predicted molar refractivity (Wildman–Crippen MR) is 102 cm³/mol. The van der Waals surface area contributed by atoms with E-state index in [1.54, 1.807) is 0 Å². The third kappa shape index (κ3) is 5.52. The molecule has 1 aromatic carbocycles. The van der Waals surface area contributed by atoms with Crippen molar-refractivity contribution in [3.63, 3.8) is 0 Å². The number of hydrogen-bond donors (Lipinski definition) is 1. The molecular weight excluding hydrogens is 298 g/mol. The summed E-state index contributed by atoms with van der Waals surface area (Å²) in [5, 5.41) is 3.47. The van der Waals surface area contributed by atoms with Crippen molar-refractivity contribution in [1.29, 1.82) is 0 Å². The van der Waals surface area contributed by atoms with Crippen LogP contribution in [0.25, 0.3) is 0 Å². The lowest BCUT2D eigenvalue weighted by molar-refractivity contribution is 0.0263. The first-order valence-corrected chi connectivity index (χ1v) is 9.48. The van der Waals surface area contributed by atoms with E-state index in [2.05, 4.69) is 61.3 Å². The van der Waals surface area contributed by atoms with E-state index in [-0.39, 0.29) is 0 Å². The van der Waals surface area contributed by atoms with Crippen LogP contribution in [0.2, 0.25) is 0 Å². The van der Waals surface area contributed by atoms with Crippen molar-refractivity contribution < 1.29 is 4.74 Å². The minimum absolute atomic E-state index is 0.418. The molecule has 0 radical (unpaired) electrons. The number of nitrogens with zero attached hydrogens (tertiary/aromatic N) is 2. The molecule has 134 valence electrons. The van der Waals surface area contributed by atoms with Crippen molar-refractivity contribution in [1.82, 2.24) is 10.2 Å². The molecule has 24 heavy (non-hydrogen) atoms. The van der Waals surface area contributed by atoms with Crippen LogP contribution in [0, 0.1) is 0 Å². The number of likely N-dealkylation sites (tertiary alicyclic amines) is 1. The molecule has 1 unspecified atom stereocenters. The standard InChI is InChI=1S/C20H33N3O/c1-4-17(18-10-8-7-9-11-18)16-22-20(21-5-2)23-14-12-19(13-15-23)24-6-3/h7-11,17,19H,4-6,12-16H2,1-3H3,(H,21,22). The van der Waals surface area contributed by atoms with Crippen LogP contribution in [-0.4, -0.2) is 49.7 Å². The quantitative estimate of drug-likeness (QED) is 0.612. The molecule has 1 atom stereocenters. The van der Waals surface area contributed by atoms with Gasteiger partial charge in [-0.25, -0.2) is 0 Å². The van der Waals surface area contributed by atoms with Gasteiger partial charge >= 0.3 is 0 Å². The van der Waals surface area contributed by atoms with Crippen LogP contribution < -0.4 is 5.32 Å². The highest BCUT2D eigenvalue weighted by Gasteiger charge is 2.21. The van der Waals surface area contributed by atoms with E-state index in [0.717, 1.165) is 58.0 Å². The number of benzene rings is 1. The summed E-state index contributed by atoms with van der Waals surface area (Å²) in [6.45, 7) is 11.1. The summed E-state index contributed by atoms with van der Waals surface area (Å²) in [6, 6.07) is 10.7. The highest BCUT2D eigenvalue weighted by Crippen LogP contribution is 2.20. The molecule has 0 aliphatic carbocycles. The van der Waals surface area contributed by atoms with Gasteiger partial charge in [0.05, 0.1) is 6.10 Å². The molecule has 1 saturated heterocycles. The first-order chi connectivity index (χ1) is 11.8. The van der Waals surface area contributed by atoms with Crippen LogP contribution >= 0.6 is 0 Å². The number of hydrogen-bond acceptors (Lipinski definition) is 2. The molecule has 1 fully saturated rings. The largest absolute Gasteiger partial charge is 0.378 e. The summed E-state index contributed by atoms with van der Waals surface area (Å²) >= 11 is 0. The second-order valence-electron chi connectivity index (χ2n) is 6.35. The van der Waals surface area contributed by atoms with Crippen LogP contribution in [0.4, 0.5) is 0 Å². The van der Waals surface area contributed by atoms with E-state index >= 15 is 0 Å². The Morgan fingerprint density at radius 2 is 1.92 bits per heavy atom. The highest BCUT2D eigenvalue weighted by atomic mass is 16.5. The molecule has 0 aromatic heterocycles. The van der Waals surface area contributed by atoms with Gasteiger partial charge in [0.1, 0.15) is 0 Å². The first kappa shape index (κ1) is 18.8.